The van der Waals surface area contributed by atoms with Crippen molar-refractivity contribution in [3.8, 4) is 0 Å². The van der Waals surface area contributed by atoms with Crippen molar-refractivity contribution in [3.05, 3.63) is 28.2 Å². The molecule has 88 valence electrons. The highest BCUT2D eigenvalue weighted by atomic mass is 79.9. The fraction of sp³-hybridized carbons (Fsp3) is 0.500. The summed E-state index contributed by atoms with van der Waals surface area (Å²) >= 11 is 3.56. The predicted molar refractivity (Wildman–Crippen MR) is 73.7 cm³/mol. The van der Waals surface area contributed by atoms with Crippen LogP contribution in [0.1, 0.15) is 12.5 Å². The Hall–Kier alpha value is -0.250. The molecule has 0 aliphatic carbocycles. The van der Waals surface area contributed by atoms with Gasteiger partial charge in [-0.05, 0) is 31.0 Å². The van der Waals surface area contributed by atoms with Gasteiger partial charge in [0.15, 0.2) is 0 Å². The fourth-order valence-corrected chi connectivity index (χ4v) is 3.17. The third-order valence-corrected chi connectivity index (χ3v) is 3.96. The van der Waals surface area contributed by atoms with E-state index in [1.807, 2.05) is 0 Å². The molecule has 1 aromatic carbocycles. The molecule has 4 heteroatoms. The zero-order valence-corrected chi connectivity index (χ0v) is 11.6. The summed E-state index contributed by atoms with van der Waals surface area (Å²) in [5.74, 6) is 0. The van der Waals surface area contributed by atoms with Gasteiger partial charge in [-0.2, -0.15) is 0 Å². The number of nitrogens with one attached hydrogen (secondary N) is 1. The molecule has 0 amide bonds. The molecule has 1 fully saturated rings. The Morgan fingerprint density at radius 3 is 3.00 bits per heavy atom. The van der Waals surface area contributed by atoms with Gasteiger partial charge in [0.1, 0.15) is 0 Å². The van der Waals surface area contributed by atoms with Gasteiger partial charge >= 0.3 is 0 Å². The second kappa shape index (κ2) is 4.55. The maximum Gasteiger partial charge on any atom is 0.0459 e. The maximum atomic E-state index is 3.56. The minimum absolute atomic E-state index is 0. The molecule has 2 nitrogen and oxygen atoms in total. The molecular formula is C12H16BrClN2. The Labute approximate surface area is 111 Å². The summed E-state index contributed by atoms with van der Waals surface area (Å²) in [5, 5.41) is 3.50. The predicted octanol–water partition coefficient (Wildman–Crippen LogP) is 2.59. The van der Waals surface area contributed by atoms with Crippen LogP contribution in [0.4, 0.5) is 5.69 Å². The molecule has 0 aromatic heterocycles. The summed E-state index contributed by atoms with van der Waals surface area (Å²) < 4.78 is 1.19. The molecule has 3 rings (SSSR count). The monoisotopic (exact) mass is 302 g/mol. The van der Waals surface area contributed by atoms with Crippen molar-refractivity contribution < 1.29 is 0 Å². The molecule has 2 atom stereocenters. The van der Waals surface area contributed by atoms with E-state index >= 15 is 0 Å². The summed E-state index contributed by atoms with van der Waals surface area (Å²) in [5.41, 5.74) is 2.93. The van der Waals surface area contributed by atoms with Crippen molar-refractivity contribution in [1.82, 2.24) is 5.32 Å². The zero-order valence-electron chi connectivity index (χ0n) is 9.24. The van der Waals surface area contributed by atoms with Crippen LogP contribution in [0.15, 0.2) is 22.7 Å². The van der Waals surface area contributed by atoms with Crippen molar-refractivity contribution in [3.63, 3.8) is 0 Å². The van der Waals surface area contributed by atoms with E-state index in [1.165, 1.54) is 22.1 Å². The summed E-state index contributed by atoms with van der Waals surface area (Å²) in [6.07, 6.45) is 1.19. The van der Waals surface area contributed by atoms with Gasteiger partial charge in [-0.25, -0.2) is 0 Å². The van der Waals surface area contributed by atoms with Crippen molar-refractivity contribution in [2.45, 2.75) is 25.4 Å². The van der Waals surface area contributed by atoms with Crippen molar-refractivity contribution in [2.24, 2.45) is 0 Å². The summed E-state index contributed by atoms with van der Waals surface area (Å²) in [4.78, 5) is 2.58. The molecule has 1 unspecified atom stereocenters. The highest BCUT2D eigenvalue weighted by Crippen LogP contribution is 2.36. The van der Waals surface area contributed by atoms with E-state index in [1.54, 1.807) is 0 Å². The quantitative estimate of drug-likeness (QED) is 0.792. The maximum absolute atomic E-state index is 3.56. The van der Waals surface area contributed by atoms with Crippen molar-refractivity contribution in [1.29, 1.82) is 0 Å². The lowest BCUT2D eigenvalue weighted by molar-refractivity contribution is 0.430. The summed E-state index contributed by atoms with van der Waals surface area (Å²) in [6.45, 7) is 4.52. The van der Waals surface area contributed by atoms with Gasteiger partial charge in [0, 0.05) is 35.3 Å². The van der Waals surface area contributed by atoms with Gasteiger partial charge in [-0.15, -0.1) is 12.4 Å². The summed E-state index contributed by atoms with van der Waals surface area (Å²) in [7, 11) is 0. The second-order valence-electron chi connectivity index (χ2n) is 4.55. The Morgan fingerprint density at radius 2 is 2.19 bits per heavy atom. The number of hydrogen-bond donors (Lipinski definition) is 1. The lowest BCUT2D eigenvalue weighted by Crippen LogP contribution is -2.54. The lowest BCUT2D eigenvalue weighted by atomic mass is 10.1. The molecule has 0 bridgehead atoms. The number of benzene rings is 1. The Balaban J connectivity index is 0.000000963. The van der Waals surface area contributed by atoms with E-state index < -0.39 is 0 Å². The van der Waals surface area contributed by atoms with Crippen LogP contribution in [0.3, 0.4) is 0 Å². The van der Waals surface area contributed by atoms with Crippen LogP contribution < -0.4 is 10.2 Å². The molecule has 2 heterocycles. The first-order valence-corrected chi connectivity index (χ1v) is 6.32. The molecule has 16 heavy (non-hydrogen) atoms. The average molecular weight is 304 g/mol. The Morgan fingerprint density at radius 1 is 1.38 bits per heavy atom. The minimum Gasteiger partial charge on any atom is -0.363 e. The first-order chi connectivity index (χ1) is 7.25. The number of anilines is 1. The van der Waals surface area contributed by atoms with Gasteiger partial charge in [0.05, 0.1) is 0 Å². The first kappa shape index (κ1) is 12.2. The molecule has 2 aliphatic heterocycles. The van der Waals surface area contributed by atoms with E-state index in [0.29, 0.717) is 12.1 Å². The Bertz CT molecular complexity index is 397. The number of nitrogens with zero attached hydrogens (tertiary/aromatic N) is 1. The SMILES string of the molecule is CC1CNC[C@H]2Cc3ccc(Br)cc3N12.Cl. The third kappa shape index (κ3) is 1.85. The minimum atomic E-state index is 0. The smallest absolute Gasteiger partial charge is 0.0459 e. The fourth-order valence-electron chi connectivity index (χ4n) is 2.82. The molecule has 1 aromatic rings. The second-order valence-corrected chi connectivity index (χ2v) is 5.46. The van der Waals surface area contributed by atoms with Gasteiger partial charge < -0.3 is 10.2 Å². The van der Waals surface area contributed by atoms with Gasteiger partial charge in [-0.1, -0.05) is 22.0 Å². The lowest BCUT2D eigenvalue weighted by Gasteiger charge is -2.38. The van der Waals surface area contributed by atoms with Crippen molar-refractivity contribution in [2.75, 3.05) is 18.0 Å². The van der Waals surface area contributed by atoms with Gasteiger partial charge in [-0.3, -0.25) is 0 Å². The van der Waals surface area contributed by atoms with Crippen LogP contribution in [-0.4, -0.2) is 25.2 Å². The topological polar surface area (TPSA) is 15.3 Å². The van der Waals surface area contributed by atoms with Gasteiger partial charge in [0.25, 0.3) is 0 Å². The Kier molecular flexibility index (Phi) is 3.48. The van der Waals surface area contributed by atoms with Gasteiger partial charge in [0.2, 0.25) is 0 Å². The van der Waals surface area contributed by atoms with Crippen LogP contribution in [0.2, 0.25) is 0 Å². The highest BCUT2D eigenvalue weighted by Gasteiger charge is 2.34. The summed E-state index contributed by atoms with van der Waals surface area (Å²) in [6, 6.07) is 7.94. The molecular weight excluding hydrogens is 288 g/mol. The van der Waals surface area contributed by atoms with Crippen LogP contribution >= 0.6 is 28.3 Å². The van der Waals surface area contributed by atoms with Crippen LogP contribution in [0.5, 0.6) is 0 Å². The van der Waals surface area contributed by atoms with E-state index in [-0.39, 0.29) is 12.4 Å². The number of rotatable bonds is 0. The van der Waals surface area contributed by atoms with E-state index in [0.717, 1.165) is 13.1 Å². The van der Waals surface area contributed by atoms with Crippen LogP contribution in [-0.2, 0) is 6.42 Å². The van der Waals surface area contributed by atoms with E-state index in [9.17, 15) is 0 Å². The molecule has 1 saturated heterocycles. The van der Waals surface area contributed by atoms with Crippen LogP contribution in [0, 0.1) is 0 Å². The number of fused-ring (bicyclic) bond motifs is 3. The van der Waals surface area contributed by atoms with Crippen LogP contribution in [0.25, 0.3) is 0 Å². The molecule has 1 N–H and O–H groups in total. The molecule has 2 aliphatic rings. The zero-order chi connectivity index (χ0) is 10.4. The molecule has 0 spiro atoms. The molecule has 0 saturated carbocycles. The van der Waals surface area contributed by atoms with E-state index in [4.69, 9.17) is 0 Å². The molecule has 0 radical (unpaired) electrons. The number of piperazine rings is 1. The van der Waals surface area contributed by atoms with Crippen molar-refractivity contribution >= 4 is 34.0 Å². The number of hydrogen-bond acceptors (Lipinski definition) is 2. The first-order valence-electron chi connectivity index (χ1n) is 5.53. The van der Waals surface area contributed by atoms with E-state index in [2.05, 4.69) is 51.3 Å². The standard InChI is InChI=1S/C12H15BrN2.ClH/c1-8-6-14-7-11-4-9-2-3-10(13)5-12(9)15(8)11;/h2-3,5,8,11,14H,4,6-7H2,1H3;1H/t8?,11-;/m1./s1. The average Bonchev–Trinajstić information content (AvgIpc) is 2.57. The largest absolute Gasteiger partial charge is 0.363 e. The normalized spacial score (nSPS) is 27.0. The third-order valence-electron chi connectivity index (χ3n) is 3.47. The number of halogens is 2. The highest BCUT2D eigenvalue weighted by molar-refractivity contribution is 9.10.